The number of nitrogens with zero attached hydrogens (tertiary/aromatic N) is 3. The molecule has 3 aliphatic rings. The number of aromatic amines is 1. The number of carbonyl (C=O) groups is 2. The molecule has 136 valence electrons. The number of fused-ring (bicyclic) bond motifs is 2. The van der Waals surface area contributed by atoms with Gasteiger partial charge in [0, 0.05) is 23.7 Å². The number of rotatable bonds is 3. The number of hydrogen-bond donors (Lipinski definition) is 3. The van der Waals surface area contributed by atoms with Crippen LogP contribution < -0.4 is 5.32 Å². The molecule has 2 bridgehead atoms. The van der Waals surface area contributed by atoms with Crippen molar-refractivity contribution in [3.05, 3.63) is 29.5 Å². The van der Waals surface area contributed by atoms with Crippen molar-refractivity contribution in [1.29, 1.82) is 0 Å². The van der Waals surface area contributed by atoms with Crippen LogP contribution in [0.15, 0.2) is 24.5 Å². The Balaban J connectivity index is 1.58. The third kappa shape index (κ3) is 2.52. The molecule has 3 fully saturated rings. The van der Waals surface area contributed by atoms with Crippen LogP contribution in [0.1, 0.15) is 26.2 Å². The number of carboxylic acid groups (broad SMARTS) is 1. The highest BCUT2D eigenvalue weighted by Gasteiger charge is 2.63. The van der Waals surface area contributed by atoms with Gasteiger partial charge in [-0.15, -0.1) is 0 Å². The monoisotopic (exact) mass is 375 g/mol. The molecule has 2 aliphatic heterocycles. The largest absolute Gasteiger partial charge is 0.479 e. The van der Waals surface area contributed by atoms with E-state index in [1.807, 2.05) is 6.92 Å². The Bertz CT molecular complexity index is 871. The molecule has 1 aromatic carbocycles. The van der Waals surface area contributed by atoms with Crippen LogP contribution in [0.4, 0.5) is 10.5 Å². The van der Waals surface area contributed by atoms with E-state index in [-0.39, 0.29) is 6.04 Å². The fourth-order valence-electron chi connectivity index (χ4n) is 4.25. The van der Waals surface area contributed by atoms with Gasteiger partial charge in [0.15, 0.2) is 5.82 Å². The van der Waals surface area contributed by atoms with Crippen molar-refractivity contribution in [3.8, 4) is 11.4 Å². The SMILES string of the molecule is C[C@@H]1C[C@@H]2CC(C(=O)O)(C1)N2C(=O)Nc1ccc(Cl)c(-c2ncn[nH]2)c1. The van der Waals surface area contributed by atoms with E-state index in [1.165, 1.54) is 11.2 Å². The van der Waals surface area contributed by atoms with Gasteiger partial charge in [-0.25, -0.2) is 14.6 Å². The van der Waals surface area contributed by atoms with Crippen LogP contribution in [-0.4, -0.2) is 48.8 Å². The number of amides is 2. The molecule has 2 saturated heterocycles. The van der Waals surface area contributed by atoms with Crippen molar-refractivity contribution in [3.63, 3.8) is 0 Å². The smallest absolute Gasteiger partial charge is 0.329 e. The van der Waals surface area contributed by atoms with Crippen LogP contribution in [0, 0.1) is 5.92 Å². The van der Waals surface area contributed by atoms with Gasteiger partial charge in [0.1, 0.15) is 11.9 Å². The second-order valence-corrected chi connectivity index (χ2v) is 7.48. The zero-order chi connectivity index (χ0) is 18.5. The van der Waals surface area contributed by atoms with E-state index >= 15 is 0 Å². The van der Waals surface area contributed by atoms with Gasteiger partial charge in [-0.3, -0.25) is 5.10 Å². The number of H-pyrrole nitrogens is 1. The minimum Gasteiger partial charge on any atom is -0.479 e. The number of hydrogen-bond acceptors (Lipinski definition) is 4. The van der Waals surface area contributed by atoms with E-state index in [2.05, 4.69) is 20.5 Å². The summed E-state index contributed by atoms with van der Waals surface area (Å²) in [5.74, 6) is -0.154. The molecule has 1 aromatic heterocycles. The molecular weight excluding hydrogens is 358 g/mol. The molecule has 8 nitrogen and oxygen atoms in total. The Morgan fingerprint density at radius 2 is 2.23 bits per heavy atom. The van der Waals surface area contributed by atoms with E-state index in [1.54, 1.807) is 18.2 Å². The molecule has 5 rings (SSSR count). The van der Waals surface area contributed by atoms with Crippen LogP contribution in [-0.2, 0) is 4.79 Å². The van der Waals surface area contributed by atoms with Crippen molar-refractivity contribution < 1.29 is 14.7 Å². The number of halogens is 1. The quantitative estimate of drug-likeness (QED) is 0.763. The minimum absolute atomic E-state index is 0.0316. The normalized spacial score (nSPS) is 26.9. The van der Waals surface area contributed by atoms with Crippen LogP contribution in [0.2, 0.25) is 5.02 Å². The molecule has 1 unspecified atom stereocenters. The first-order valence-corrected chi connectivity index (χ1v) is 8.77. The Hall–Kier alpha value is -2.61. The Kier molecular flexibility index (Phi) is 3.87. The molecule has 1 aliphatic carbocycles. The van der Waals surface area contributed by atoms with Crippen molar-refractivity contribution in [2.24, 2.45) is 5.92 Å². The van der Waals surface area contributed by atoms with Gasteiger partial charge in [0.25, 0.3) is 0 Å². The fourth-order valence-corrected chi connectivity index (χ4v) is 4.46. The number of urea groups is 1. The molecule has 2 aromatic rings. The van der Waals surface area contributed by atoms with Crippen LogP contribution >= 0.6 is 11.6 Å². The van der Waals surface area contributed by atoms with Gasteiger partial charge in [-0.1, -0.05) is 18.5 Å². The topological polar surface area (TPSA) is 111 Å². The van der Waals surface area contributed by atoms with Gasteiger partial charge in [0.2, 0.25) is 0 Å². The first kappa shape index (κ1) is 16.8. The van der Waals surface area contributed by atoms with Crippen molar-refractivity contribution in [2.75, 3.05) is 5.32 Å². The summed E-state index contributed by atoms with van der Waals surface area (Å²) in [4.78, 5) is 30.2. The maximum Gasteiger partial charge on any atom is 0.329 e. The lowest BCUT2D eigenvalue weighted by atomic mass is 9.64. The van der Waals surface area contributed by atoms with Gasteiger partial charge in [-0.2, -0.15) is 5.10 Å². The Morgan fingerprint density at radius 3 is 2.92 bits per heavy atom. The highest BCUT2D eigenvalue weighted by Crippen LogP contribution is 2.50. The van der Waals surface area contributed by atoms with E-state index in [0.29, 0.717) is 40.9 Å². The van der Waals surface area contributed by atoms with E-state index in [0.717, 1.165) is 6.42 Å². The van der Waals surface area contributed by atoms with Gasteiger partial charge < -0.3 is 15.3 Å². The summed E-state index contributed by atoms with van der Waals surface area (Å²) in [6.07, 6.45) is 3.20. The number of benzene rings is 1. The van der Waals surface area contributed by atoms with E-state index in [4.69, 9.17) is 11.6 Å². The lowest BCUT2D eigenvalue weighted by Gasteiger charge is -2.60. The summed E-state index contributed by atoms with van der Waals surface area (Å²) >= 11 is 6.19. The molecule has 9 heteroatoms. The highest BCUT2D eigenvalue weighted by atomic mass is 35.5. The molecule has 0 radical (unpaired) electrons. The maximum atomic E-state index is 12.8. The summed E-state index contributed by atoms with van der Waals surface area (Å²) in [5.41, 5.74) is 0.0313. The summed E-state index contributed by atoms with van der Waals surface area (Å²) in [7, 11) is 0. The number of nitrogens with one attached hydrogen (secondary N) is 2. The third-order valence-corrected chi connectivity index (χ3v) is 5.59. The minimum atomic E-state index is -1.09. The third-order valence-electron chi connectivity index (χ3n) is 5.26. The Morgan fingerprint density at radius 1 is 1.42 bits per heavy atom. The molecular formula is C17H18ClN5O3. The molecule has 2 amide bonds. The number of aliphatic carboxylic acids is 1. The molecule has 0 spiro atoms. The fraction of sp³-hybridized carbons (Fsp3) is 0.412. The van der Waals surface area contributed by atoms with Gasteiger partial charge in [-0.05, 0) is 37.0 Å². The number of anilines is 1. The van der Waals surface area contributed by atoms with Gasteiger partial charge in [0.05, 0.1) is 5.02 Å². The highest BCUT2D eigenvalue weighted by molar-refractivity contribution is 6.33. The number of aromatic nitrogens is 3. The average molecular weight is 376 g/mol. The number of piperidine rings is 1. The molecule has 26 heavy (non-hydrogen) atoms. The average Bonchev–Trinajstić information content (AvgIpc) is 3.09. The lowest BCUT2D eigenvalue weighted by molar-refractivity contribution is -0.173. The van der Waals surface area contributed by atoms with E-state index in [9.17, 15) is 14.7 Å². The summed E-state index contributed by atoms with van der Waals surface area (Å²) in [6, 6.07) is 4.58. The standard InChI is InChI=1S/C17H18ClN5O3/c1-9-4-11-7-17(6-9,15(24)25)23(11)16(26)21-10-2-3-13(18)12(5-10)14-19-8-20-22-14/h2-3,5,8-9,11H,4,6-7H2,1H3,(H,21,26)(H,24,25)(H,19,20,22)/t9-,11-,17?/m1/s1. The molecule has 3 N–H and O–H groups in total. The predicted molar refractivity (Wildman–Crippen MR) is 94.9 cm³/mol. The van der Waals surface area contributed by atoms with Crippen molar-refractivity contribution >= 4 is 29.3 Å². The van der Waals surface area contributed by atoms with E-state index < -0.39 is 17.5 Å². The molecule has 1 saturated carbocycles. The first-order chi connectivity index (χ1) is 12.4. The first-order valence-electron chi connectivity index (χ1n) is 8.40. The number of carboxylic acids is 1. The summed E-state index contributed by atoms with van der Waals surface area (Å²) < 4.78 is 0. The maximum absolute atomic E-state index is 12.8. The van der Waals surface area contributed by atoms with Crippen molar-refractivity contribution in [2.45, 2.75) is 37.8 Å². The lowest BCUT2D eigenvalue weighted by Crippen LogP contribution is -2.75. The summed E-state index contributed by atoms with van der Waals surface area (Å²) in [5, 5.41) is 19.5. The van der Waals surface area contributed by atoms with Crippen molar-refractivity contribution in [1.82, 2.24) is 20.1 Å². The second-order valence-electron chi connectivity index (χ2n) is 7.07. The van der Waals surface area contributed by atoms with Crippen LogP contribution in [0.5, 0.6) is 0 Å². The molecule has 3 atom stereocenters. The zero-order valence-corrected chi connectivity index (χ0v) is 14.8. The second kappa shape index (κ2) is 5.98. The van der Waals surface area contributed by atoms with Crippen LogP contribution in [0.25, 0.3) is 11.4 Å². The molecule has 3 heterocycles. The van der Waals surface area contributed by atoms with Gasteiger partial charge >= 0.3 is 12.0 Å². The Labute approximate surface area is 154 Å². The number of carbonyl (C=O) groups excluding carboxylic acids is 1. The predicted octanol–water partition coefficient (Wildman–Crippen LogP) is 2.98. The van der Waals surface area contributed by atoms with Crippen LogP contribution in [0.3, 0.4) is 0 Å². The summed E-state index contributed by atoms with van der Waals surface area (Å²) in [6.45, 7) is 2.03. The zero-order valence-electron chi connectivity index (χ0n) is 14.1.